The molecule has 0 aliphatic heterocycles. The summed E-state index contributed by atoms with van der Waals surface area (Å²) in [7, 11) is 0. The van der Waals surface area contributed by atoms with E-state index in [1.807, 2.05) is 6.07 Å². The number of rotatable bonds is 10. The zero-order valence-corrected chi connectivity index (χ0v) is 12.5. The van der Waals surface area contributed by atoms with Crippen LogP contribution in [0.2, 0.25) is 0 Å². The van der Waals surface area contributed by atoms with Crippen LogP contribution in [0.25, 0.3) is 0 Å². The molecule has 0 aliphatic carbocycles. The summed E-state index contributed by atoms with van der Waals surface area (Å²) in [6.45, 7) is 5.99. The average Bonchev–Trinajstić information content (AvgIpc) is 2.46. The van der Waals surface area contributed by atoms with Crippen molar-refractivity contribution in [2.45, 2.75) is 59.0 Å². The third kappa shape index (κ3) is 8.61. The lowest BCUT2D eigenvalue weighted by atomic mass is 10.1. The van der Waals surface area contributed by atoms with Crippen LogP contribution < -0.4 is 0 Å². The normalized spacial score (nSPS) is 11.8. The first kappa shape index (κ1) is 16.0. The molecule has 1 rings (SSSR count). The molecule has 106 valence electrons. The maximum atomic E-state index is 5.67. The average molecular weight is 260 g/mol. The van der Waals surface area contributed by atoms with Crippen molar-refractivity contribution in [1.82, 2.24) is 0 Å². The van der Waals surface area contributed by atoms with E-state index >= 15 is 0 Å². The van der Waals surface area contributed by atoms with E-state index in [0.717, 1.165) is 13.2 Å². The van der Waals surface area contributed by atoms with Crippen LogP contribution in [0.5, 0.6) is 0 Å². The Hall–Kier alpha value is -1.08. The van der Waals surface area contributed by atoms with Gasteiger partial charge in [-0.25, -0.2) is 0 Å². The third-order valence-corrected chi connectivity index (χ3v) is 3.46. The van der Waals surface area contributed by atoms with Gasteiger partial charge in [-0.15, -0.1) is 0 Å². The van der Waals surface area contributed by atoms with E-state index in [2.05, 4.69) is 44.2 Å². The molecule has 0 unspecified atom stereocenters. The predicted molar refractivity (Wildman–Crippen MR) is 83.2 cm³/mol. The first-order valence-corrected chi connectivity index (χ1v) is 7.56. The molecule has 0 amide bonds. The first-order valence-electron chi connectivity index (χ1n) is 7.56. The quantitative estimate of drug-likeness (QED) is 0.398. The van der Waals surface area contributed by atoms with Gasteiger partial charge in [-0.2, -0.15) is 0 Å². The molecule has 0 atom stereocenters. The van der Waals surface area contributed by atoms with Crippen LogP contribution in [-0.4, -0.2) is 6.61 Å². The van der Waals surface area contributed by atoms with Gasteiger partial charge in [0.2, 0.25) is 0 Å². The molecular weight excluding hydrogens is 232 g/mol. The Bertz CT molecular complexity index is 340. The van der Waals surface area contributed by atoms with Crippen molar-refractivity contribution in [3.05, 3.63) is 47.5 Å². The third-order valence-electron chi connectivity index (χ3n) is 3.46. The minimum atomic E-state index is 0.751. The second-order valence-corrected chi connectivity index (χ2v) is 5.19. The van der Waals surface area contributed by atoms with Crippen LogP contribution in [0.4, 0.5) is 0 Å². The number of ether oxygens (including phenoxy) is 1. The maximum absolute atomic E-state index is 5.67. The molecule has 1 aromatic carbocycles. The van der Waals surface area contributed by atoms with E-state index in [1.165, 1.54) is 49.7 Å². The molecule has 1 aromatic rings. The van der Waals surface area contributed by atoms with E-state index in [1.54, 1.807) is 0 Å². The molecule has 0 spiro atoms. The van der Waals surface area contributed by atoms with Crippen molar-refractivity contribution in [2.75, 3.05) is 6.61 Å². The first-order chi connectivity index (χ1) is 9.33. The number of benzene rings is 1. The maximum Gasteiger partial charge on any atom is 0.0716 e. The lowest BCUT2D eigenvalue weighted by Gasteiger charge is -2.05. The summed E-state index contributed by atoms with van der Waals surface area (Å²) < 4.78 is 5.67. The smallest absolute Gasteiger partial charge is 0.0716 e. The lowest BCUT2D eigenvalue weighted by molar-refractivity contribution is 0.116. The molecule has 19 heavy (non-hydrogen) atoms. The number of hydrogen-bond acceptors (Lipinski definition) is 1. The topological polar surface area (TPSA) is 9.23 Å². The minimum Gasteiger partial charge on any atom is -0.377 e. The Labute approximate surface area is 118 Å². The van der Waals surface area contributed by atoms with Crippen molar-refractivity contribution in [1.29, 1.82) is 0 Å². The fraction of sp³-hybridized carbons (Fsp3) is 0.556. The number of hydrogen-bond donors (Lipinski definition) is 0. The number of unbranched alkanes of at least 4 members (excludes halogenated alkanes) is 4. The van der Waals surface area contributed by atoms with E-state index in [0.29, 0.717) is 0 Å². The fourth-order valence-electron chi connectivity index (χ4n) is 2.05. The van der Waals surface area contributed by atoms with Gasteiger partial charge in [0.15, 0.2) is 0 Å². The Morgan fingerprint density at radius 2 is 1.68 bits per heavy atom. The van der Waals surface area contributed by atoms with E-state index in [9.17, 15) is 0 Å². The summed E-state index contributed by atoms with van der Waals surface area (Å²) in [4.78, 5) is 0. The Balaban J connectivity index is 1.86. The Morgan fingerprint density at radius 1 is 1.00 bits per heavy atom. The van der Waals surface area contributed by atoms with Crippen LogP contribution in [0.1, 0.15) is 57.9 Å². The standard InChI is InChI=1S/C18H28O/c1-3-17(2)12-8-5-4-6-11-15-19-16-18-13-9-7-10-14-18/h3,7,9-10,13-14H,4-6,8,11-12,15-16H2,1-2H3/b17-3+. The Kier molecular flexibility index (Phi) is 9.09. The molecule has 0 saturated heterocycles. The van der Waals surface area contributed by atoms with Crippen LogP contribution in [0.15, 0.2) is 42.0 Å². The molecule has 0 saturated carbocycles. The van der Waals surface area contributed by atoms with E-state index in [-0.39, 0.29) is 0 Å². The van der Waals surface area contributed by atoms with Crippen molar-refractivity contribution in [3.63, 3.8) is 0 Å². The van der Waals surface area contributed by atoms with Gasteiger partial charge in [0, 0.05) is 6.61 Å². The lowest BCUT2D eigenvalue weighted by Crippen LogP contribution is -1.95. The van der Waals surface area contributed by atoms with Crippen molar-refractivity contribution in [2.24, 2.45) is 0 Å². The second-order valence-electron chi connectivity index (χ2n) is 5.19. The summed E-state index contributed by atoms with van der Waals surface area (Å²) in [6.07, 6.45) is 9.99. The molecule has 0 radical (unpaired) electrons. The molecule has 0 fully saturated rings. The van der Waals surface area contributed by atoms with Crippen molar-refractivity contribution in [3.8, 4) is 0 Å². The van der Waals surface area contributed by atoms with E-state index < -0.39 is 0 Å². The summed E-state index contributed by atoms with van der Waals surface area (Å²) in [6, 6.07) is 10.4. The minimum absolute atomic E-state index is 0.751. The van der Waals surface area contributed by atoms with Gasteiger partial charge in [0.1, 0.15) is 0 Å². The van der Waals surface area contributed by atoms with Crippen LogP contribution >= 0.6 is 0 Å². The highest BCUT2D eigenvalue weighted by Gasteiger charge is 1.94. The highest BCUT2D eigenvalue weighted by atomic mass is 16.5. The highest BCUT2D eigenvalue weighted by molar-refractivity contribution is 5.13. The van der Waals surface area contributed by atoms with Gasteiger partial charge >= 0.3 is 0 Å². The SMILES string of the molecule is C/C=C(\C)CCCCCCCOCc1ccccc1. The second kappa shape index (κ2) is 10.8. The molecule has 0 aromatic heterocycles. The summed E-state index contributed by atoms with van der Waals surface area (Å²) in [5.41, 5.74) is 2.79. The Morgan fingerprint density at radius 3 is 2.42 bits per heavy atom. The largest absolute Gasteiger partial charge is 0.377 e. The van der Waals surface area contributed by atoms with E-state index in [4.69, 9.17) is 4.74 Å². The molecule has 0 aliphatic rings. The van der Waals surface area contributed by atoms with Crippen LogP contribution in [0.3, 0.4) is 0 Å². The monoisotopic (exact) mass is 260 g/mol. The molecule has 1 heteroatoms. The van der Waals surface area contributed by atoms with Gasteiger partial charge < -0.3 is 4.74 Å². The molecule has 0 bridgehead atoms. The summed E-state index contributed by atoms with van der Waals surface area (Å²) in [5, 5.41) is 0. The fourth-order valence-corrected chi connectivity index (χ4v) is 2.05. The van der Waals surface area contributed by atoms with Gasteiger partial charge in [0.25, 0.3) is 0 Å². The van der Waals surface area contributed by atoms with Crippen LogP contribution in [-0.2, 0) is 11.3 Å². The van der Waals surface area contributed by atoms with Crippen molar-refractivity contribution >= 4 is 0 Å². The zero-order valence-electron chi connectivity index (χ0n) is 12.5. The molecule has 0 heterocycles. The number of allylic oxidation sites excluding steroid dienone is 2. The van der Waals surface area contributed by atoms with Gasteiger partial charge in [-0.1, -0.05) is 61.2 Å². The molecule has 0 N–H and O–H groups in total. The predicted octanol–water partition coefficient (Wildman–Crippen LogP) is 5.51. The molecule has 1 nitrogen and oxygen atoms in total. The van der Waals surface area contributed by atoms with Gasteiger partial charge in [-0.3, -0.25) is 0 Å². The van der Waals surface area contributed by atoms with Crippen molar-refractivity contribution < 1.29 is 4.74 Å². The van der Waals surface area contributed by atoms with Crippen LogP contribution in [0, 0.1) is 0 Å². The van der Waals surface area contributed by atoms with Gasteiger partial charge in [0.05, 0.1) is 6.61 Å². The molecular formula is C18H28O. The zero-order chi connectivity index (χ0) is 13.8. The summed E-state index contributed by atoms with van der Waals surface area (Å²) in [5.74, 6) is 0. The van der Waals surface area contributed by atoms with Gasteiger partial charge in [-0.05, 0) is 38.7 Å². The highest BCUT2D eigenvalue weighted by Crippen LogP contribution is 2.10. The summed E-state index contributed by atoms with van der Waals surface area (Å²) >= 11 is 0.